The SMILES string of the molecule is CC(N)Cc1ccccc1Sc1nnc(N(C)C)s1. The fourth-order valence-electron chi connectivity index (χ4n) is 1.64. The van der Waals surface area contributed by atoms with Gasteiger partial charge in [-0.05, 0) is 25.0 Å². The van der Waals surface area contributed by atoms with E-state index >= 15 is 0 Å². The van der Waals surface area contributed by atoms with E-state index in [4.69, 9.17) is 5.73 Å². The molecule has 6 heteroatoms. The van der Waals surface area contributed by atoms with Gasteiger partial charge in [0.1, 0.15) is 0 Å². The topological polar surface area (TPSA) is 55.0 Å². The molecule has 0 spiro atoms. The van der Waals surface area contributed by atoms with E-state index < -0.39 is 0 Å². The third kappa shape index (κ3) is 3.92. The van der Waals surface area contributed by atoms with Crippen LogP contribution in [0, 0.1) is 0 Å². The average Bonchev–Trinajstić information content (AvgIpc) is 2.80. The summed E-state index contributed by atoms with van der Waals surface area (Å²) in [6, 6.07) is 8.49. The van der Waals surface area contributed by atoms with Crippen LogP contribution in [0.3, 0.4) is 0 Å². The number of anilines is 1. The van der Waals surface area contributed by atoms with Crippen molar-refractivity contribution in [1.82, 2.24) is 10.2 Å². The van der Waals surface area contributed by atoms with E-state index in [-0.39, 0.29) is 6.04 Å². The lowest BCUT2D eigenvalue weighted by atomic mass is 10.1. The molecule has 1 atom stereocenters. The minimum absolute atomic E-state index is 0.161. The molecule has 1 aromatic carbocycles. The van der Waals surface area contributed by atoms with Crippen molar-refractivity contribution in [2.45, 2.75) is 28.6 Å². The second-order valence-corrected chi connectivity index (χ2v) is 6.88. The molecule has 0 bridgehead atoms. The Bertz CT molecular complexity index is 537. The normalized spacial score (nSPS) is 12.4. The summed E-state index contributed by atoms with van der Waals surface area (Å²) < 4.78 is 0.959. The number of nitrogens with two attached hydrogens (primary N) is 1. The zero-order chi connectivity index (χ0) is 13.8. The summed E-state index contributed by atoms with van der Waals surface area (Å²) in [4.78, 5) is 3.18. The summed E-state index contributed by atoms with van der Waals surface area (Å²) in [5.41, 5.74) is 7.16. The Morgan fingerprint density at radius 3 is 2.68 bits per heavy atom. The first-order valence-corrected chi connectivity index (χ1v) is 7.71. The van der Waals surface area contributed by atoms with Gasteiger partial charge in [-0.2, -0.15) is 0 Å². The molecule has 2 N–H and O–H groups in total. The molecule has 0 aliphatic heterocycles. The van der Waals surface area contributed by atoms with E-state index in [9.17, 15) is 0 Å². The largest absolute Gasteiger partial charge is 0.353 e. The third-order valence-corrected chi connectivity index (χ3v) is 4.75. The predicted molar refractivity (Wildman–Crippen MR) is 82.2 cm³/mol. The first kappa shape index (κ1) is 14.3. The zero-order valence-electron chi connectivity index (χ0n) is 11.3. The Labute approximate surface area is 122 Å². The molecule has 102 valence electrons. The van der Waals surface area contributed by atoms with Crippen molar-refractivity contribution >= 4 is 28.2 Å². The highest BCUT2D eigenvalue weighted by Gasteiger charge is 2.10. The Kier molecular flexibility index (Phi) is 4.79. The number of aromatic nitrogens is 2. The maximum absolute atomic E-state index is 5.89. The summed E-state index contributed by atoms with van der Waals surface area (Å²) in [5, 5.41) is 9.29. The van der Waals surface area contributed by atoms with Gasteiger partial charge in [0.2, 0.25) is 5.13 Å². The third-order valence-electron chi connectivity index (χ3n) is 2.49. The molecule has 4 nitrogen and oxygen atoms in total. The molecule has 0 radical (unpaired) electrons. The highest BCUT2D eigenvalue weighted by atomic mass is 32.2. The number of benzene rings is 1. The van der Waals surface area contributed by atoms with Crippen LogP contribution in [0.1, 0.15) is 12.5 Å². The van der Waals surface area contributed by atoms with Crippen LogP contribution in [0.5, 0.6) is 0 Å². The second kappa shape index (κ2) is 6.36. The predicted octanol–water partition coefficient (Wildman–Crippen LogP) is 2.65. The average molecular weight is 294 g/mol. The number of hydrogen-bond donors (Lipinski definition) is 1. The van der Waals surface area contributed by atoms with Gasteiger partial charge in [0.05, 0.1) is 0 Å². The van der Waals surface area contributed by atoms with Crippen molar-refractivity contribution in [3.63, 3.8) is 0 Å². The minimum Gasteiger partial charge on any atom is -0.353 e. The van der Waals surface area contributed by atoms with Crippen LogP contribution in [0.2, 0.25) is 0 Å². The molecule has 0 amide bonds. The lowest BCUT2D eigenvalue weighted by molar-refractivity contribution is 0.729. The van der Waals surface area contributed by atoms with Gasteiger partial charge in [0.25, 0.3) is 0 Å². The number of rotatable bonds is 5. The molecule has 0 aliphatic carbocycles. The van der Waals surface area contributed by atoms with Crippen LogP contribution >= 0.6 is 23.1 Å². The van der Waals surface area contributed by atoms with Gasteiger partial charge in [0.15, 0.2) is 4.34 Å². The molecule has 1 heterocycles. The maximum Gasteiger partial charge on any atom is 0.208 e. The fraction of sp³-hybridized carbons (Fsp3) is 0.385. The summed E-state index contributed by atoms with van der Waals surface area (Å²) in [6.07, 6.45) is 0.877. The number of hydrogen-bond acceptors (Lipinski definition) is 6. The first-order valence-electron chi connectivity index (χ1n) is 6.08. The molecule has 0 aliphatic rings. The van der Waals surface area contributed by atoms with E-state index in [1.54, 1.807) is 23.1 Å². The molecule has 2 rings (SSSR count). The maximum atomic E-state index is 5.89. The lowest BCUT2D eigenvalue weighted by Crippen LogP contribution is -2.18. The first-order chi connectivity index (χ1) is 9.06. The fourth-order valence-corrected chi connectivity index (χ4v) is 3.50. The highest BCUT2D eigenvalue weighted by Crippen LogP contribution is 2.34. The van der Waals surface area contributed by atoms with Crippen molar-refractivity contribution < 1.29 is 0 Å². The minimum atomic E-state index is 0.161. The van der Waals surface area contributed by atoms with Crippen molar-refractivity contribution in [3.05, 3.63) is 29.8 Å². The lowest BCUT2D eigenvalue weighted by Gasteiger charge is -2.09. The van der Waals surface area contributed by atoms with Gasteiger partial charge in [0, 0.05) is 25.0 Å². The van der Waals surface area contributed by atoms with Gasteiger partial charge in [-0.1, -0.05) is 41.3 Å². The van der Waals surface area contributed by atoms with Gasteiger partial charge < -0.3 is 10.6 Å². The van der Waals surface area contributed by atoms with Crippen LogP contribution in [-0.2, 0) is 6.42 Å². The van der Waals surface area contributed by atoms with Crippen LogP contribution < -0.4 is 10.6 Å². The van der Waals surface area contributed by atoms with Gasteiger partial charge in [-0.15, -0.1) is 10.2 Å². The van der Waals surface area contributed by atoms with Gasteiger partial charge in [-0.25, -0.2) is 0 Å². The summed E-state index contributed by atoms with van der Waals surface area (Å²) >= 11 is 3.26. The molecule has 0 saturated carbocycles. The Morgan fingerprint density at radius 1 is 1.32 bits per heavy atom. The van der Waals surface area contributed by atoms with E-state index in [1.165, 1.54) is 10.5 Å². The van der Waals surface area contributed by atoms with Crippen LogP contribution in [-0.4, -0.2) is 30.3 Å². The van der Waals surface area contributed by atoms with E-state index in [2.05, 4.69) is 22.3 Å². The molecule has 0 saturated heterocycles. The highest BCUT2D eigenvalue weighted by molar-refractivity contribution is 8.01. The Hall–Kier alpha value is -1.11. The van der Waals surface area contributed by atoms with Gasteiger partial charge in [-0.3, -0.25) is 0 Å². The monoisotopic (exact) mass is 294 g/mol. The van der Waals surface area contributed by atoms with Crippen LogP contribution in [0.15, 0.2) is 33.5 Å². The quantitative estimate of drug-likeness (QED) is 0.918. The van der Waals surface area contributed by atoms with Crippen LogP contribution in [0.4, 0.5) is 5.13 Å². The molecular formula is C13H18N4S2. The van der Waals surface area contributed by atoms with Crippen molar-refractivity contribution in [3.8, 4) is 0 Å². The Morgan fingerprint density at radius 2 is 2.05 bits per heavy atom. The number of nitrogens with zero attached hydrogens (tertiary/aromatic N) is 3. The van der Waals surface area contributed by atoms with Crippen molar-refractivity contribution in [2.24, 2.45) is 5.73 Å². The molecule has 1 unspecified atom stereocenters. The molecule has 1 aromatic heterocycles. The van der Waals surface area contributed by atoms with Gasteiger partial charge >= 0.3 is 0 Å². The van der Waals surface area contributed by atoms with E-state index in [1.807, 2.05) is 38.1 Å². The molecule has 0 fully saturated rings. The van der Waals surface area contributed by atoms with Crippen molar-refractivity contribution in [2.75, 3.05) is 19.0 Å². The Balaban J connectivity index is 2.17. The standard InChI is InChI=1S/C13H18N4S2/c1-9(14)8-10-6-4-5-7-11(10)18-13-16-15-12(19-13)17(2)3/h4-7,9H,8,14H2,1-3H3. The summed E-state index contributed by atoms with van der Waals surface area (Å²) in [7, 11) is 3.94. The van der Waals surface area contributed by atoms with E-state index in [0.29, 0.717) is 0 Å². The molecule has 19 heavy (non-hydrogen) atoms. The summed E-state index contributed by atoms with van der Waals surface area (Å²) in [6.45, 7) is 2.02. The smallest absolute Gasteiger partial charge is 0.208 e. The van der Waals surface area contributed by atoms with E-state index in [0.717, 1.165) is 15.9 Å². The summed E-state index contributed by atoms with van der Waals surface area (Å²) in [5.74, 6) is 0. The van der Waals surface area contributed by atoms with Crippen molar-refractivity contribution in [1.29, 1.82) is 0 Å². The molecular weight excluding hydrogens is 276 g/mol. The molecule has 2 aromatic rings. The zero-order valence-corrected chi connectivity index (χ0v) is 13.0. The van der Waals surface area contributed by atoms with Crippen LogP contribution in [0.25, 0.3) is 0 Å². The second-order valence-electron chi connectivity index (χ2n) is 4.64.